The summed E-state index contributed by atoms with van der Waals surface area (Å²) < 4.78 is 0. The molecule has 0 unspecified atom stereocenters. The van der Waals surface area contributed by atoms with Crippen LogP contribution in [0.5, 0.6) is 0 Å². The van der Waals surface area contributed by atoms with Crippen LogP contribution in [0.2, 0.25) is 0 Å². The molecule has 1 fully saturated rings. The van der Waals surface area contributed by atoms with E-state index in [0.29, 0.717) is 13.1 Å². The summed E-state index contributed by atoms with van der Waals surface area (Å²) in [6.45, 7) is 4.81. The highest BCUT2D eigenvalue weighted by Crippen LogP contribution is 2.28. The van der Waals surface area contributed by atoms with Crippen LogP contribution in [0, 0.1) is 0 Å². The molecular weight excluding hydrogens is 216 g/mol. The van der Waals surface area contributed by atoms with Crippen LogP contribution >= 0.6 is 0 Å². The molecular formula is C13H16N2O2. The molecule has 0 bridgehead atoms. The molecule has 1 aromatic rings. The number of hydrogen-bond donors (Lipinski definition) is 0. The first kappa shape index (κ1) is 11.6. The van der Waals surface area contributed by atoms with Gasteiger partial charge in [0, 0.05) is 13.1 Å². The lowest BCUT2D eigenvalue weighted by atomic mass is 9.99. The largest absolute Gasteiger partial charge is 0.272 e. The molecule has 0 N–H and O–H groups in total. The average Bonchev–Trinajstić information content (AvgIpc) is 2.60. The van der Waals surface area contributed by atoms with Crippen LogP contribution in [0.25, 0.3) is 0 Å². The van der Waals surface area contributed by atoms with Crippen LogP contribution in [0.1, 0.15) is 25.3 Å². The molecule has 1 aliphatic heterocycles. The minimum absolute atomic E-state index is 0.120. The predicted octanol–water partition coefficient (Wildman–Crippen LogP) is 1.40. The normalized spacial score (nSPS) is 17.1. The van der Waals surface area contributed by atoms with E-state index in [1.165, 1.54) is 10.0 Å². The Morgan fingerprint density at radius 1 is 0.941 bits per heavy atom. The smallest absolute Gasteiger partial charge is 0.258 e. The second-order valence-corrected chi connectivity index (χ2v) is 3.95. The van der Waals surface area contributed by atoms with Gasteiger partial charge < -0.3 is 0 Å². The van der Waals surface area contributed by atoms with Crippen LogP contribution in [0.15, 0.2) is 30.3 Å². The van der Waals surface area contributed by atoms with Crippen molar-refractivity contribution in [2.24, 2.45) is 0 Å². The fourth-order valence-electron chi connectivity index (χ4n) is 2.23. The first-order valence-corrected chi connectivity index (χ1v) is 5.88. The molecule has 4 nitrogen and oxygen atoms in total. The highest BCUT2D eigenvalue weighted by atomic mass is 16.2. The third-order valence-electron chi connectivity index (χ3n) is 3.03. The summed E-state index contributed by atoms with van der Waals surface area (Å²) in [5, 5.41) is 3.06. The van der Waals surface area contributed by atoms with Gasteiger partial charge in [0.1, 0.15) is 5.92 Å². The molecule has 2 amide bonds. The molecule has 1 heterocycles. The lowest BCUT2D eigenvalue weighted by molar-refractivity contribution is -0.145. The van der Waals surface area contributed by atoms with Crippen molar-refractivity contribution in [1.82, 2.24) is 10.0 Å². The van der Waals surface area contributed by atoms with Crippen LogP contribution in [-0.4, -0.2) is 34.9 Å². The molecule has 0 aromatic heterocycles. The first-order chi connectivity index (χ1) is 8.20. The molecule has 0 spiro atoms. The van der Waals surface area contributed by atoms with E-state index in [-0.39, 0.29) is 11.8 Å². The minimum atomic E-state index is -0.656. The number of rotatable bonds is 3. The maximum Gasteiger partial charge on any atom is 0.258 e. The second kappa shape index (κ2) is 4.57. The van der Waals surface area contributed by atoms with E-state index in [1.807, 2.05) is 44.2 Å². The fraction of sp³-hybridized carbons (Fsp3) is 0.385. The van der Waals surface area contributed by atoms with Gasteiger partial charge in [0.25, 0.3) is 11.8 Å². The van der Waals surface area contributed by atoms with Gasteiger partial charge in [-0.05, 0) is 19.4 Å². The Labute approximate surface area is 101 Å². The number of benzene rings is 1. The van der Waals surface area contributed by atoms with Gasteiger partial charge in [-0.3, -0.25) is 19.6 Å². The van der Waals surface area contributed by atoms with E-state index in [1.54, 1.807) is 0 Å². The topological polar surface area (TPSA) is 40.6 Å². The van der Waals surface area contributed by atoms with Gasteiger partial charge in [0.05, 0.1) is 0 Å². The Balaban J connectivity index is 2.37. The SMILES string of the molecule is CCN1C(=O)C(c2ccccc2)C(=O)N1CC. The Morgan fingerprint density at radius 2 is 1.41 bits per heavy atom. The average molecular weight is 232 g/mol. The summed E-state index contributed by atoms with van der Waals surface area (Å²) in [7, 11) is 0. The van der Waals surface area contributed by atoms with Crippen molar-refractivity contribution in [1.29, 1.82) is 0 Å². The summed E-state index contributed by atoms with van der Waals surface area (Å²) in [4.78, 5) is 24.4. The first-order valence-electron chi connectivity index (χ1n) is 5.88. The molecule has 17 heavy (non-hydrogen) atoms. The number of nitrogens with zero attached hydrogens (tertiary/aromatic N) is 2. The number of carbonyl (C=O) groups excluding carboxylic acids is 2. The van der Waals surface area contributed by atoms with Crippen LogP contribution in [-0.2, 0) is 9.59 Å². The maximum atomic E-state index is 12.2. The number of amides is 2. The van der Waals surface area contributed by atoms with Crippen molar-refractivity contribution >= 4 is 11.8 Å². The van der Waals surface area contributed by atoms with Crippen molar-refractivity contribution < 1.29 is 9.59 Å². The monoisotopic (exact) mass is 232 g/mol. The Bertz CT molecular complexity index is 408. The van der Waals surface area contributed by atoms with Crippen molar-refractivity contribution in [3.63, 3.8) is 0 Å². The molecule has 0 radical (unpaired) electrons. The van der Waals surface area contributed by atoms with E-state index >= 15 is 0 Å². The Morgan fingerprint density at radius 3 is 1.82 bits per heavy atom. The standard InChI is InChI=1S/C13H16N2O2/c1-3-14-12(16)11(13(17)15(14)4-2)10-8-6-5-7-9-10/h5-9,11H,3-4H2,1-2H3. The summed E-state index contributed by atoms with van der Waals surface area (Å²) in [6.07, 6.45) is 0. The number of likely N-dealkylation sites (N-methyl/N-ethyl adjacent to an activating group) is 2. The van der Waals surface area contributed by atoms with E-state index in [9.17, 15) is 9.59 Å². The van der Waals surface area contributed by atoms with Gasteiger partial charge in [0.15, 0.2) is 0 Å². The van der Waals surface area contributed by atoms with Crippen molar-refractivity contribution in [2.75, 3.05) is 13.1 Å². The number of hydrogen-bond acceptors (Lipinski definition) is 2. The highest BCUT2D eigenvalue weighted by molar-refractivity contribution is 6.10. The van der Waals surface area contributed by atoms with E-state index < -0.39 is 5.92 Å². The quantitative estimate of drug-likeness (QED) is 0.739. The van der Waals surface area contributed by atoms with Gasteiger partial charge in [-0.15, -0.1) is 0 Å². The van der Waals surface area contributed by atoms with Crippen LogP contribution in [0.3, 0.4) is 0 Å². The van der Waals surface area contributed by atoms with Gasteiger partial charge >= 0.3 is 0 Å². The summed E-state index contributed by atoms with van der Waals surface area (Å²) in [5.74, 6) is -0.896. The molecule has 0 saturated carbocycles. The number of hydrazine groups is 1. The van der Waals surface area contributed by atoms with E-state index in [4.69, 9.17) is 0 Å². The van der Waals surface area contributed by atoms with Gasteiger partial charge in [0.2, 0.25) is 0 Å². The molecule has 2 rings (SSSR count). The number of carbonyl (C=O) groups is 2. The van der Waals surface area contributed by atoms with Gasteiger partial charge in [-0.25, -0.2) is 0 Å². The molecule has 0 aliphatic carbocycles. The third kappa shape index (κ3) is 1.79. The fourth-order valence-corrected chi connectivity index (χ4v) is 2.23. The predicted molar refractivity (Wildman–Crippen MR) is 64.0 cm³/mol. The van der Waals surface area contributed by atoms with E-state index in [0.717, 1.165) is 5.56 Å². The van der Waals surface area contributed by atoms with Crippen LogP contribution in [0.4, 0.5) is 0 Å². The highest BCUT2D eigenvalue weighted by Gasteiger charge is 2.44. The molecule has 90 valence electrons. The summed E-state index contributed by atoms with van der Waals surface area (Å²) in [5.41, 5.74) is 0.775. The van der Waals surface area contributed by atoms with Crippen molar-refractivity contribution in [3.8, 4) is 0 Å². The zero-order valence-corrected chi connectivity index (χ0v) is 10.1. The lowest BCUT2D eigenvalue weighted by Gasteiger charge is -2.24. The molecule has 1 aliphatic rings. The molecule has 1 aromatic carbocycles. The Hall–Kier alpha value is -1.84. The second-order valence-electron chi connectivity index (χ2n) is 3.95. The third-order valence-corrected chi connectivity index (χ3v) is 3.03. The Kier molecular flexibility index (Phi) is 3.13. The zero-order valence-electron chi connectivity index (χ0n) is 10.1. The van der Waals surface area contributed by atoms with Crippen LogP contribution < -0.4 is 0 Å². The van der Waals surface area contributed by atoms with E-state index in [2.05, 4.69) is 0 Å². The molecule has 4 heteroatoms. The minimum Gasteiger partial charge on any atom is -0.272 e. The van der Waals surface area contributed by atoms with Gasteiger partial charge in [-0.1, -0.05) is 30.3 Å². The van der Waals surface area contributed by atoms with Gasteiger partial charge in [-0.2, -0.15) is 0 Å². The zero-order chi connectivity index (χ0) is 12.4. The van der Waals surface area contributed by atoms with Crippen molar-refractivity contribution in [3.05, 3.63) is 35.9 Å². The summed E-state index contributed by atoms with van der Waals surface area (Å²) in [6, 6.07) is 9.23. The maximum absolute atomic E-state index is 12.2. The lowest BCUT2D eigenvalue weighted by Crippen LogP contribution is -2.40. The summed E-state index contributed by atoms with van der Waals surface area (Å²) >= 11 is 0. The molecule has 1 saturated heterocycles. The van der Waals surface area contributed by atoms with Crippen molar-refractivity contribution in [2.45, 2.75) is 19.8 Å². The molecule has 0 atom stereocenters.